The number of benzene rings is 3. The van der Waals surface area contributed by atoms with Gasteiger partial charge in [0.15, 0.2) is 0 Å². The number of sulfonamides is 1. The van der Waals surface area contributed by atoms with Gasteiger partial charge in [0.05, 0.1) is 17.7 Å². The second-order valence-electron chi connectivity index (χ2n) is 8.32. The molecule has 1 atom stereocenters. The van der Waals surface area contributed by atoms with Crippen molar-refractivity contribution in [3.63, 3.8) is 0 Å². The zero-order valence-electron chi connectivity index (χ0n) is 20.8. The Hall–Kier alpha value is -3.85. The predicted molar refractivity (Wildman–Crippen MR) is 139 cm³/mol. The Morgan fingerprint density at radius 3 is 2.11 bits per heavy atom. The molecule has 36 heavy (non-hydrogen) atoms. The predicted octanol–water partition coefficient (Wildman–Crippen LogP) is 3.36. The smallest absolute Gasteiger partial charge is 0.264 e. The van der Waals surface area contributed by atoms with Gasteiger partial charge in [0, 0.05) is 13.6 Å². The highest BCUT2D eigenvalue weighted by Crippen LogP contribution is 2.25. The number of methoxy groups -OCH3 is 1. The van der Waals surface area contributed by atoms with Gasteiger partial charge < -0.3 is 15.0 Å². The Balaban J connectivity index is 1.99. The second-order valence-corrected chi connectivity index (χ2v) is 10.2. The molecule has 3 aromatic carbocycles. The van der Waals surface area contributed by atoms with Gasteiger partial charge in [0.25, 0.3) is 10.0 Å². The molecule has 9 heteroatoms. The van der Waals surface area contributed by atoms with Crippen molar-refractivity contribution in [2.75, 3.05) is 25.0 Å². The number of likely N-dealkylation sites (N-methyl/N-ethyl adjacent to an activating group) is 1. The Labute approximate surface area is 212 Å². The quantitative estimate of drug-likeness (QED) is 0.452. The van der Waals surface area contributed by atoms with Crippen LogP contribution in [0.3, 0.4) is 0 Å². The number of anilines is 1. The highest BCUT2D eigenvalue weighted by molar-refractivity contribution is 7.92. The molecule has 3 rings (SSSR count). The minimum atomic E-state index is -4.06. The molecule has 3 aromatic rings. The maximum Gasteiger partial charge on any atom is 0.264 e. The fraction of sp³-hybridized carbons (Fsp3) is 0.259. The highest BCUT2D eigenvalue weighted by Gasteiger charge is 2.32. The summed E-state index contributed by atoms with van der Waals surface area (Å²) in [6.07, 6.45) is 0. The average Bonchev–Trinajstić information content (AvgIpc) is 2.90. The third kappa shape index (κ3) is 6.23. The van der Waals surface area contributed by atoms with Crippen LogP contribution in [0.4, 0.5) is 5.69 Å². The first-order chi connectivity index (χ1) is 17.2. The van der Waals surface area contributed by atoms with E-state index >= 15 is 0 Å². The summed E-state index contributed by atoms with van der Waals surface area (Å²) < 4.78 is 33.5. The van der Waals surface area contributed by atoms with Crippen LogP contribution < -0.4 is 14.4 Å². The van der Waals surface area contributed by atoms with E-state index in [1.54, 1.807) is 80.8 Å². The lowest BCUT2D eigenvalue weighted by Gasteiger charge is -2.31. The van der Waals surface area contributed by atoms with E-state index < -0.39 is 28.5 Å². The number of carbonyl (C=O) groups is 2. The van der Waals surface area contributed by atoms with Crippen molar-refractivity contribution in [2.45, 2.75) is 31.3 Å². The summed E-state index contributed by atoms with van der Waals surface area (Å²) in [5.74, 6) is -0.206. The van der Waals surface area contributed by atoms with Gasteiger partial charge in [-0.25, -0.2) is 8.42 Å². The number of hydrogen-bond donors (Lipinski definition) is 1. The minimum absolute atomic E-state index is 0.0689. The average molecular weight is 510 g/mol. The molecule has 1 N–H and O–H groups in total. The summed E-state index contributed by atoms with van der Waals surface area (Å²) in [4.78, 5) is 27.6. The molecule has 0 saturated carbocycles. The highest BCUT2D eigenvalue weighted by atomic mass is 32.2. The summed E-state index contributed by atoms with van der Waals surface area (Å²) in [6, 6.07) is 21.2. The normalized spacial score (nSPS) is 11.9. The van der Waals surface area contributed by atoms with Gasteiger partial charge in [-0.15, -0.1) is 0 Å². The number of hydrogen-bond acceptors (Lipinski definition) is 5. The third-order valence-electron chi connectivity index (χ3n) is 5.86. The molecule has 2 amide bonds. The molecular formula is C27H31N3O5S. The summed E-state index contributed by atoms with van der Waals surface area (Å²) in [7, 11) is -1.01. The largest absolute Gasteiger partial charge is 0.497 e. The van der Waals surface area contributed by atoms with Crippen LogP contribution in [0.15, 0.2) is 83.8 Å². The number of rotatable bonds is 10. The van der Waals surface area contributed by atoms with Gasteiger partial charge >= 0.3 is 0 Å². The van der Waals surface area contributed by atoms with Gasteiger partial charge in [-0.05, 0) is 55.8 Å². The molecule has 0 bridgehead atoms. The first-order valence-corrected chi connectivity index (χ1v) is 12.9. The number of carbonyl (C=O) groups excluding carboxylic acids is 2. The van der Waals surface area contributed by atoms with E-state index in [1.807, 2.05) is 6.92 Å². The maximum atomic E-state index is 13.7. The van der Waals surface area contributed by atoms with E-state index in [9.17, 15) is 18.0 Å². The minimum Gasteiger partial charge on any atom is -0.497 e. The van der Waals surface area contributed by atoms with Crippen molar-refractivity contribution in [1.82, 2.24) is 10.2 Å². The molecule has 0 unspecified atom stereocenters. The van der Waals surface area contributed by atoms with Crippen LogP contribution in [0, 0.1) is 6.92 Å². The molecule has 8 nitrogen and oxygen atoms in total. The van der Waals surface area contributed by atoms with E-state index in [4.69, 9.17) is 4.74 Å². The van der Waals surface area contributed by atoms with Gasteiger partial charge in [-0.2, -0.15) is 0 Å². The SMILES string of the molecule is CNC(=O)[C@H](C)N(Cc1ccc(OC)cc1)C(=O)CN(c1ccc(C)cc1)S(=O)(=O)c1ccccc1. The van der Waals surface area contributed by atoms with Crippen LogP contribution in [-0.4, -0.2) is 51.9 Å². The summed E-state index contributed by atoms with van der Waals surface area (Å²) in [6.45, 7) is 3.15. The first kappa shape index (κ1) is 26.7. The zero-order chi connectivity index (χ0) is 26.3. The lowest BCUT2D eigenvalue weighted by Crippen LogP contribution is -2.50. The van der Waals surface area contributed by atoms with Crippen molar-refractivity contribution < 1.29 is 22.7 Å². The van der Waals surface area contributed by atoms with Crippen molar-refractivity contribution in [3.05, 3.63) is 90.0 Å². The van der Waals surface area contributed by atoms with Crippen molar-refractivity contribution >= 4 is 27.5 Å². The Morgan fingerprint density at radius 2 is 1.56 bits per heavy atom. The van der Waals surface area contributed by atoms with Crippen LogP contribution in [0.1, 0.15) is 18.1 Å². The van der Waals surface area contributed by atoms with Crippen molar-refractivity contribution in [1.29, 1.82) is 0 Å². The van der Waals surface area contributed by atoms with Gasteiger partial charge in [0.1, 0.15) is 18.3 Å². The third-order valence-corrected chi connectivity index (χ3v) is 7.65. The molecule has 190 valence electrons. The molecule has 0 aliphatic rings. The van der Waals surface area contributed by atoms with Crippen LogP contribution in [0.2, 0.25) is 0 Å². The Bertz CT molecular complexity index is 1280. The lowest BCUT2D eigenvalue weighted by molar-refractivity contribution is -0.139. The number of nitrogens with one attached hydrogen (secondary N) is 1. The summed E-state index contributed by atoms with van der Waals surface area (Å²) in [5, 5.41) is 2.57. The van der Waals surface area contributed by atoms with Crippen LogP contribution in [0.5, 0.6) is 5.75 Å². The van der Waals surface area contributed by atoms with Crippen LogP contribution in [0.25, 0.3) is 0 Å². The molecule has 0 radical (unpaired) electrons. The zero-order valence-corrected chi connectivity index (χ0v) is 21.7. The van der Waals surface area contributed by atoms with E-state index in [0.717, 1.165) is 15.4 Å². The van der Waals surface area contributed by atoms with Gasteiger partial charge in [-0.3, -0.25) is 13.9 Å². The molecule has 0 saturated heterocycles. The second kappa shape index (κ2) is 11.7. The lowest BCUT2D eigenvalue weighted by atomic mass is 10.1. The molecule has 0 fully saturated rings. The number of amides is 2. The fourth-order valence-corrected chi connectivity index (χ4v) is 5.11. The number of aryl methyl sites for hydroxylation is 1. The van der Waals surface area contributed by atoms with Gasteiger partial charge in [-0.1, -0.05) is 48.0 Å². The van der Waals surface area contributed by atoms with Crippen molar-refractivity contribution in [2.24, 2.45) is 0 Å². The van der Waals surface area contributed by atoms with E-state index in [0.29, 0.717) is 11.4 Å². The topological polar surface area (TPSA) is 96.0 Å². The Morgan fingerprint density at radius 1 is 0.944 bits per heavy atom. The molecule has 0 heterocycles. The maximum absolute atomic E-state index is 13.7. The molecular weight excluding hydrogens is 478 g/mol. The van der Waals surface area contributed by atoms with E-state index in [2.05, 4.69) is 5.32 Å². The van der Waals surface area contributed by atoms with Crippen LogP contribution in [-0.2, 0) is 26.2 Å². The fourth-order valence-electron chi connectivity index (χ4n) is 3.68. The molecule has 0 aromatic heterocycles. The van der Waals surface area contributed by atoms with E-state index in [1.165, 1.54) is 24.1 Å². The first-order valence-electron chi connectivity index (χ1n) is 11.5. The summed E-state index contributed by atoms with van der Waals surface area (Å²) >= 11 is 0. The van der Waals surface area contributed by atoms with Crippen molar-refractivity contribution in [3.8, 4) is 5.75 Å². The number of nitrogens with zero attached hydrogens (tertiary/aromatic N) is 2. The molecule has 0 aliphatic heterocycles. The van der Waals surface area contributed by atoms with E-state index in [-0.39, 0.29) is 17.3 Å². The molecule has 0 aliphatic carbocycles. The standard InChI is InChI=1S/C27H31N3O5S/c1-20-10-14-23(15-11-20)30(36(33,34)25-8-6-5-7-9-25)19-26(31)29(21(2)27(32)28-3)18-22-12-16-24(35-4)17-13-22/h5-17,21H,18-19H2,1-4H3,(H,28,32)/t21-/m0/s1. The summed E-state index contributed by atoms with van der Waals surface area (Å²) in [5.41, 5.74) is 2.08. The molecule has 0 spiro atoms. The van der Waals surface area contributed by atoms with Gasteiger partial charge in [0.2, 0.25) is 11.8 Å². The Kier molecular flexibility index (Phi) is 8.71. The monoisotopic (exact) mass is 509 g/mol. The van der Waals surface area contributed by atoms with Crippen LogP contribution >= 0.6 is 0 Å². The number of ether oxygens (including phenoxy) is 1.